The standard InChI is InChI=1S/C21H19ClN4O2S/c1-4-28-21(27)19-15(9-16-23-10-24-26-16)25-20-17(11(2)12(3)29-20)18(19)13-5-7-14(22)8-6-13/h5-8,10H,4,9H2,1-3H3,(H,23,24,26). The molecule has 8 heteroatoms. The Kier molecular flexibility index (Phi) is 5.34. The number of H-pyrrole nitrogens is 1. The average Bonchev–Trinajstić information content (AvgIpc) is 3.30. The quantitative estimate of drug-likeness (QED) is 0.448. The highest BCUT2D eigenvalue weighted by Gasteiger charge is 2.26. The van der Waals surface area contributed by atoms with E-state index in [1.807, 2.05) is 24.3 Å². The van der Waals surface area contributed by atoms with Crippen molar-refractivity contribution in [3.63, 3.8) is 0 Å². The predicted molar refractivity (Wildman–Crippen MR) is 115 cm³/mol. The van der Waals surface area contributed by atoms with Gasteiger partial charge in [-0.05, 0) is 44.0 Å². The number of thiophene rings is 1. The number of halogens is 1. The number of aromatic amines is 1. The molecular formula is C21H19ClN4O2S. The van der Waals surface area contributed by atoms with Crippen molar-refractivity contribution in [2.75, 3.05) is 6.61 Å². The van der Waals surface area contributed by atoms with E-state index in [9.17, 15) is 4.79 Å². The number of aryl methyl sites for hydroxylation is 2. The number of ether oxygens (including phenoxy) is 1. The number of esters is 1. The van der Waals surface area contributed by atoms with Crippen molar-refractivity contribution in [2.45, 2.75) is 27.2 Å². The molecule has 0 saturated heterocycles. The van der Waals surface area contributed by atoms with Gasteiger partial charge in [0.2, 0.25) is 0 Å². The van der Waals surface area contributed by atoms with Gasteiger partial charge in [0.15, 0.2) is 0 Å². The van der Waals surface area contributed by atoms with Gasteiger partial charge in [0.1, 0.15) is 17.0 Å². The molecule has 3 heterocycles. The summed E-state index contributed by atoms with van der Waals surface area (Å²) < 4.78 is 5.42. The third kappa shape index (κ3) is 3.63. The zero-order chi connectivity index (χ0) is 20.5. The van der Waals surface area contributed by atoms with Crippen molar-refractivity contribution in [1.29, 1.82) is 0 Å². The van der Waals surface area contributed by atoms with E-state index in [1.54, 1.807) is 18.3 Å². The monoisotopic (exact) mass is 426 g/mol. The van der Waals surface area contributed by atoms with Crippen molar-refractivity contribution in [3.05, 3.63) is 63.1 Å². The Labute approximate surface area is 176 Å². The van der Waals surface area contributed by atoms with Gasteiger partial charge in [-0.3, -0.25) is 5.10 Å². The van der Waals surface area contributed by atoms with Crippen LogP contribution in [-0.2, 0) is 11.2 Å². The first-order valence-corrected chi connectivity index (χ1v) is 10.4. The third-order valence-corrected chi connectivity index (χ3v) is 6.16. The van der Waals surface area contributed by atoms with Gasteiger partial charge in [-0.1, -0.05) is 23.7 Å². The summed E-state index contributed by atoms with van der Waals surface area (Å²) in [6.45, 7) is 6.19. The van der Waals surface area contributed by atoms with Crippen LogP contribution in [0.25, 0.3) is 21.3 Å². The van der Waals surface area contributed by atoms with Gasteiger partial charge >= 0.3 is 5.97 Å². The van der Waals surface area contributed by atoms with Gasteiger partial charge in [-0.15, -0.1) is 11.3 Å². The molecule has 1 aromatic carbocycles. The highest BCUT2D eigenvalue weighted by atomic mass is 35.5. The molecule has 0 radical (unpaired) electrons. The first kappa shape index (κ1) is 19.5. The molecule has 4 aromatic rings. The Morgan fingerprint density at radius 3 is 2.66 bits per heavy atom. The highest BCUT2D eigenvalue weighted by molar-refractivity contribution is 7.18. The second-order valence-electron chi connectivity index (χ2n) is 6.61. The Morgan fingerprint density at radius 1 is 1.24 bits per heavy atom. The van der Waals surface area contributed by atoms with Crippen molar-refractivity contribution in [2.24, 2.45) is 0 Å². The predicted octanol–water partition coefficient (Wildman–Crippen LogP) is 5.12. The van der Waals surface area contributed by atoms with Gasteiger partial charge < -0.3 is 4.74 Å². The zero-order valence-corrected chi connectivity index (χ0v) is 17.8. The van der Waals surface area contributed by atoms with Gasteiger partial charge in [0.25, 0.3) is 0 Å². The summed E-state index contributed by atoms with van der Waals surface area (Å²) in [6.07, 6.45) is 1.79. The molecule has 0 aliphatic heterocycles. The van der Waals surface area contributed by atoms with Crippen LogP contribution < -0.4 is 0 Å². The third-order valence-electron chi connectivity index (χ3n) is 4.80. The van der Waals surface area contributed by atoms with Crippen LogP contribution >= 0.6 is 22.9 Å². The van der Waals surface area contributed by atoms with Crippen LogP contribution in [-0.4, -0.2) is 32.7 Å². The minimum Gasteiger partial charge on any atom is -0.462 e. The maximum absolute atomic E-state index is 13.1. The molecular weight excluding hydrogens is 408 g/mol. The van der Waals surface area contributed by atoms with Crippen LogP contribution in [0.5, 0.6) is 0 Å². The minimum absolute atomic E-state index is 0.278. The van der Waals surface area contributed by atoms with Crippen LogP contribution in [0.1, 0.15) is 39.2 Å². The fourth-order valence-corrected chi connectivity index (χ4v) is 4.55. The van der Waals surface area contributed by atoms with E-state index >= 15 is 0 Å². The van der Waals surface area contributed by atoms with E-state index < -0.39 is 5.97 Å². The lowest BCUT2D eigenvalue weighted by Gasteiger charge is -2.15. The minimum atomic E-state index is -0.399. The van der Waals surface area contributed by atoms with Crippen molar-refractivity contribution in [3.8, 4) is 11.1 Å². The summed E-state index contributed by atoms with van der Waals surface area (Å²) in [6, 6.07) is 7.49. The molecule has 29 heavy (non-hydrogen) atoms. The molecule has 6 nitrogen and oxygen atoms in total. The number of benzene rings is 1. The smallest absolute Gasteiger partial charge is 0.340 e. The highest BCUT2D eigenvalue weighted by Crippen LogP contribution is 2.40. The van der Waals surface area contributed by atoms with E-state index in [0.29, 0.717) is 28.5 Å². The molecule has 148 valence electrons. The van der Waals surface area contributed by atoms with Crippen LogP contribution in [0, 0.1) is 13.8 Å². The second-order valence-corrected chi connectivity index (χ2v) is 8.25. The molecule has 0 unspecified atom stereocenters. The molecule has 3 aromatic heterocycles. The lowest BCUT2D eigenvalue weighted by molar-refractivity contribution is 0.0526. The second kappa shape index (κ2) is 7.93. The molecule has 0 saturated carbocycles. The van der Waals surface area contributed by atoms with Gasteiger partial charge in [0, 0.05) is 20.8 Å². The van der Waals surface area contributed by atoms with E-state index in [1.165, 1.54) is 6.33 Å². The number of hydrogen-bond acceptors (Lipinski definition) is 6. The van der Waals surface area contributed by atoms with Crippen LogP contribution in [0.2, 0.25) is 5.02 Å². The van der Waals surface area contributed by atoms with Gasteiger partial charge in [0.05, 0.1) is 24.3 Å². The van der Waals surface area contributed by atoms with Crippen molar-refractivity contribution >= 4 is 39.1 Å². The number of fused-ring (bicyclic) bond motifs is 1. The van der Waals surface area contributed by atoms with E-state index in [4.69, 9.17) is 21.3 Å². The molecule has 0 bridgehead atoms. The van der Waals surface area contributed by atoms with Crippen LogP contribution in [0.4, 0.5) is 0 Å². The molecule has 0 atom stereocenters. The number of rotatable bonds is 5. The Hall–Kier alpha value is -2.77. The Balaban J connectivity index is 2.07. The molecule has 0 amide bonds. The topological polar surface area (TPSA) is 80.8 Å². The molecule has 0 aliphatic rings. The number of nitrogens with one attached hydrogen (secondary N) is 1. The summed E-state index contributed by atoms with van der Waals surface area (Å²) in [7, 11) is 0. The number of aromatic nitrogens is 4. The first-order valence-electron chi connectivity index (χ1n) is 9.19. The largest absolute Gasteiger partial charge is 0.462 e. The summed E-state index contributed by atoms with van der Waals surface area (Å²) >= 11 is 7.73. The summed E-state index contributed by atoms with van der Waals surface area (Å²) in [4.78, 5) is 24.2. The lowest BCUT2D eigenvalue weighted by Crippen LogP contribution is -2.13. The first-order chi connectivity index (χ1) is 14.0. The SMILES string of the molecule is CCOC(=O)c1c(Cc2ncn[nH]2)nc2sc(C)c(C)c2c1-c1ccc(Cl)cc1. The number of carbonyl (C=O) groups excluding carboxylic acids is 1. The Bertz CT molecular complexity index is 1180. The molecule has 0 fully saturated rings. The molecule has 0 spiro atoms. The maximum atomic E-state index is 13.1. The lowest BCUT2D eigenvalue weighted by atomic mass is 9.93. The molecule has 4 rings (SSSR count). The number of carbonyl (C=O) groups is 1. The number of pyridine rings is 1. The van der Waals surface area contributed by atoms with Gasteiger partial charge in [-0.2, -0.15) is 5.10 Å². The molecule has 1 N–H and O–H groups in total. The van der Waals surface area contributed by atoms with Crippen LogP contribution in [0.15, 0.2) is 30.6 Å². The fraction of sp³-hybridized carbons (Fsp3) is 0.238. The zero-order valence-electron chi connectivity index (χ0n) is 16.2. The summed E-state index contributed by atoms with van der Waals surface area (Å²) in [5.74, 6) is 0.235. The van der Waals surface area contributed by atoms with Crippen molar-refractivity contribution < 1.29 is 9.53 Å². The van der Waals surface area contributed by atoms with Crippen molar-refractivity contribution in [1.82, 2.24) is 20.2 Å². The maximum Gasteiger partial charge on any atom is 0.340 e. The molecule has 0 aliphatic carbocycles. The van der Waals surface area contributed by atoms with Gasteiger partial charge in [-0.25, -0.2) is 14.8 Å². The number of hydrogen-bond donors (Lipinski definition) is 1. The van der Waals surface area contributed by atoms with E-state index in [0.717, 1.165) is 31.8 Å². The average molecular weight is 427 g/mol. The fourth-order valence-electron chi connectivity index (χ4n) is 3.36. The van der Waals surface area contributed by atoms with E-state index in [-0.39, 0.29) is 6.61 Å². The Morgan fingerprint density at radius 2 is 2.00 bits per heavy atom. The normalized spacial score (nSPS) is 11.2. The summed E-state index contributed by atoms with van der Waals surface area (Å²) in [5, 5.41) is 8.36. The van der Waals surface area contributed by atoms with Crippen LogP contribution in [0.3, 0.4) is 0 Å². The van der Waals surface area contributed by atoms with E-state index in [2.05, 4.69) is 29.0 Å². The summed E-state index contributed by atoms with van der Waals surface area (Å²) in [5.41, 5.74) is 3.89. The number of nitrogens with zero attached hydrogens (tertiary/aromatic N) is 3.